The fourth-order valence-electron chi connectivity index (χ4n) is 1.42. The monoisotopic (exact) mass is 272 g/mol. The maximum atomic E-state index is 11.7. The summed E-state index contributed by atoms with van der Waals surface area (Å²) in [6, 6.07) is 5.13. The number of anilines is 1. The molecule has 1 rings (SSSR count). The molecule has 0 aliphatic heterocycles. The first-order valence-electron chi connectivity index (χ1n) is 5.50. The third kappa shape index (κ3) is 3.78. The van der Waals surface area contributed by atoms with Crippen LogP contribution >= 0.6 is 11.6 Å². The number of hydrogen-bond acceptors (Lipinski definition) is 4. The van der Waals surface area contributed by atoms with Crippen LogP contribution in [0.5, 0.6) is 5.75 Å². The van der Waals surface area contributed by atoms with Crippen molar-refractivity contribution in [2.75, 3.05) is 31.9 Å². The lowest BCUT2D eigenvalue weighted by Gasteiger charge is -2.13. The molecule has 1 atom stereocenters. The van der Waals surface area contributed by atoms with Crippen molar-refractivity contribution in [3.8, 4) is 5.75 Å². The Kier molecular flexibility index (Phi) is 5.74. The SMILES string of the molecule is CNC(=O)c1cc(NCC(O)CCl)ccc1OC. The highest BCUT2D eigenvalue weighted by Crippen LogP contribution is 2.22. The normalized spacial score (nSPS) is 11.8. The van der Waals surface area contributed by atoms with Crippen LogP contribution in [0, 0.1) is 0 Å². The Morgan fingerprint density at radius 3 is 2.83 bits per heavy atom. The summed E-state index contributed by atoms with van der Waals surface area (Å²) in [7, 11) is 3.06. The Balaban J connectivity index is 2.85. The third-order valence-corrected chi connectivity index (χ3v) is 2.75. The molecule has 5 nitrogen and oxygen atoms in total. The quantitative estimate of drug-likeness (QED) is 0.678. The van der Waals surface area contributed by atoms with Crippen LogP contribution in [-0.2, 0) is 0 Å². The molecule has 6 heteroatoms. The van der Waals surface area contributed by atoms with E-state index >= 15 is 0 Å². The van der Waals surface area contributed by atoms with Crippen LogP contribution in [0.3, 0.4) is 0 Å². The molecule has 0 fully saturated rings. The Morgan fingerprint density at radius 1 is 1.56 bits per heavy atom. The first-order chi connectivity index (χ1) is 8.62. The minimum absolute atomic E-state index is 0.158. The molecule has 1 aromatic rings. The molecule has 1 unspecified atom stereocenters. The molecule has 0 aliphatic rings. The average molecular weight is 273 g/mol. The van der Waals surface area contributed by atoms with Crippen molar-refractivity contribution in [1.82, 2.24) is 5.32 Å². The number of carbonyl (C=O) groups excluding carboxylic acids is 1. The molecule has 0 aliphatic carbocycles. The van der Waals surface area contributed by atoms with E-state index in [1.165, 1.54) is 7.11 Å². The number of aliphatic hydroxyl groups is 1. The molecule has 0 radical (unpaired) electrons. The van der Waals surface area contributed by atoms with E-state index in [0.29, 0.717) is 17.9 Å². The highest BCUT2D eigenvalue weighted by atomic mass is 35.5. The number of hydrogen-bond donors (Lipinski definition) is 3. The molecular weight excluding hydrogens is 256 g/mol. The van der Waals surface area contributed by atoms with Crippen molar-refractivity contribution in [1.29, 1.82) is 0 Å². The predicted molar refractivity (Wildman–Crippen MR) is 71.6 cm³/mol. The van der Waals surface area contributed by atoms with Crippen molar-refractivity contribution >= 4 is 23.2 Å². The largest absolute Gasteiger partial charge is 0.496 e. The molecule has 0 spiro atoms. The Bertz CT molecular complexity index is 412. The Labute approximate surface area is 111 Å². The number of ether oxygens (including phenoxy) is 1. The van der Waals surface area contributed by atoms with Gasteiger partial charge in [0.05, 0.1) is 24.7 Å². The van der Waals surface area contributed by atoms with Gasteiger partial charge < -0.3 is 20.5 Å². The minimum Gasteiger partial charge on any atom is -0.496 e. The summed E-state index contributed by atoms with van der Waals surface area (Å²) in [5.41, 5.74) is 1.16. The van der Waals surface area contributed by atoms with E-state index in [-0.39, 0.29) is 11.8 Å². The van der Waals surface area contributed by atoms with Crippen molar-refractivity contribution in [2.24, 2.45) is 0 Å². The molecule has 100 valence electrons. The zero-order valence-electron chi connectivity index (χ0n) is 10.4. The molecule has 0 aromatic heterocycles. The molecule has 0 bridgehead atoms. The van der Waals surface area contributed by atoms with Gasteiger partial charge in [-0.3, -0.25) is 4.79 Å². The maximum Gasteiger partial charge on any atom is 0.254 e. The average Bonchev–Trinajstić information content (AvgIpc) is 2.43. The van der Waals surface area contributed by atoms with Gasteiger partial charge in [0.1, 0.15) is 5.75 Å². The summed E-state index contributed by atoms with van der Waals surface area (Å²) < 4.78 is 5.11. The van der Waals surface area contributed by atoms with Crippen LogP contribution in [0.25, 0.3) is 0 Å². The van der Waals surface area contributed by atoms with Gasteiger partial charge in [-0.05, 0) is 18.2 Å². The molecule has 1 amide bonds. The summed E-state index contributed by atoms with van der Waals surface area (Å²) >= 11 is 5.50. The summed E-state index contributed by atoms with van der Waals surface area (Å²) in [4.78, 5) is 11.7. The van der Waals surface area contributed by atoms with E-state index < -0.39 is 6.10 Å². The summed E-state index contributed by atoms with van der Waals surface area (Å²) in [6.45, 7) is 0.322. The molecule has 18 heavy (non-hydrogen) atoms. The number of benzene rings is 1. The van der Waals surface area contributed by atoms with E-state index in [0.717, 1.165) is 5.69 Å². The van der Waals surface area contributed by atoms with Gasteiger partial charge in [-0.25, -0.2) is 0 Å². The fourth-order valence-corrected chi connectivity index (χ4v) is 1.53. The van der Waals surface area contributed by atoms with Gasteiger partial charge in [0.15, 0.2) is 0 Å². The Hall–Kier alpha value is -1.46. The van der Waals surface area contributed by atoms with E-state index in [2.05, 4.69) is 10.6 Å². The number of rotatable bonds is 6. The predicted octanol–water partition coefficient (Wildman–Crippen LogP) is 1.07. The molecule has 0 heterocycles. The number of halogens is 1. The lowest BCUT2D eigenvalue weighted by molar-refractivity contribution is 0.0960. The number of alkyl halides is 1. The second-order valence-corrected chi connectivity index (χ2v) is 3.99. The number of methoxy groups -OCH3 is 1. The number of aliphatic hydroxyl groups excluding tert-OH is 1. The van der Waals surface area contributed by atoms with E-state index in [1.807, 2.05) is 0 Å². The van der Waals surface area contributed by atoms with Gasteiger partial charge in [-0.2, -0.15) is 0 Å². The summed E-state index contributed by atoms with van der Waals surface area (Å²) in [6.07, 6.45) is -0.628. The summed E-state index contributed by atoms with van der Waals surface area (Å²) in [5, 5.41) is 14.9. The number of nitrogens with one attached hydrogen (secondary N) is 2. The van der Waals surface area contributed by atoms with Crippen LogP contribution in [0.15, 0.2) is 18.2 Å². The first-order valence-corrected chi connectivity index (χ1v) is 6.03. The van der Waals surface area contributed by atoms with Crippen molar-refractivity contribution < 1.29 is 14.6 Å². The molecule has 0 saturated carbocycles. The zero-order chi connectivity index (χ0) is 13.5. The van der Waals surface area contributed by atoms with Gasteiger partial charge in [0.2, 0.25) is 0 Å². The topological polar surface area (TPSA) is 70.6 Å². The molecular formula is C12H17ClN2O3. The highest BCUT2D eigenvalue weighted by molar-refractivity contribution is 6.18. The number of carbonyl (C=O) groups is 1. The lowest BCUT2D eigenvalue weighted by atomic mass is 10.1. The summed E-state index contributed by atoms with van der Waals surface area (Å²) in [5.74, 6) is 0.428. The third-order valence-electron chi connectivity index (χ3n) is 2.39. The van der Waals surface area contributed by atoms with Crippen molar-refractivity contribution in [3.05, 3.63) is 23.8 Å². The van der Waals surface area contributed by atoms with Crippen LogP contribution in [-0.4, -0.2) is 43.7 Å². The van der Waals surface area contributed by atoms with Gasteiger partial charge in [-0.1, -0.05) is 0 Å². The fraction of sp³-hybridized carbons (Fsp3) is 0.417. The standard InChI is InChI=1S/C12H17ClN2O3/c1-14-12(17)10-5-8(3-4-11(10)18-2)15-7-9(16)6-13/h3-5,9,15-16H,6-7H2,1-2H3,(H,14,17). The van der Waals surface area contributed by atoms with Crippen LogP contribution in [0.2, 0.25) is 0 Å². The van der Waals surface area contributed by atoms with Gasteiger partial charge in [-0.15, -0.1) is 11.6 Å². The smallest absolute Gasteiger partial charge is 0.254 e. The first kappa shape index (κ1) is 14.6. The maximum absolute atomic E-state index is 11.7. The van der Waals surface area contributed by atoms with E-state index in [4.69, 9.17) is 16.3 Å². The zero-order valence-corrected chi connectivity index (χ0v) is 11.1. The van der Waals surface area contributed by atoms with Crippen LogP contribution in [0.4, 0.5) is 5.69 Å². The van der Waals surface area contributed by atoms with Gasteiger partial charge in [0.25, 0.3) is 5.91 Å². The van der Waals surface area contributed by atoms with E-state index in [1.54, 1.807) is 25.2 Å². The van der Waals surface area contributed by atoms with Crippen LogP contribution < -0.4 is 15.4 Å². The van der Waals surface area contributed by atoms with Crippen molar-refractivity contribution in [2.45, 2.75) is 6.10 Å². The lowest BCUT2D eigenvalue weighted by Crippen LogP contribution is -2.22. The van der Waals surface area contributed by atoms with Gasteiger partial charge >= 0.3 is 0 Å². The number of amides is 1. The molecule has 1 aromatic carbocycles. The minimum atomic E-state index is -0.628. The van der Waals surface area contributed by atoms with Crippen LogP contribution in [0.1, 0.15) is 10.4 Å². The highest BCUT2D eigenvalue weighted by Gasteiger charge is 2.11. The second-order valence-electron chi connectivity index (χ2n) is 3.68. The second kappa shape index (κ2) is 7.08. The van der Waals surface area contributed by atoms with E-state index in [9.17, 15) is 9.90 Å². The van der Waals surface area contributed by atoms with Crippen molar-refractivity contribution in [3.63, 3.8) is 0 Å². The van der Waals surface area contributed by atoms with Gasteiger partial charge in [0, 0.05) is 19.3 Å². The molecule has 3 N–H and O–H groups in total. The molecule has 0 saturated heterocycles. The Morgan fingerprint density at radius 2 is 2.28 bits per heavy atom.